The van der Waals surface area contributed by atoms with E-state index in [1.165, 1.54) is 6.07 Å². The molecule has 3 heteroatoms. The molecular weight excluding hydrogens is 204 g/mol. The van der Waals surface area contributed by atoms with Crippen LogP contribution in [0.3, 0.4) is 0 Å². The van der Waals surface area contributed by atoms with E-state index < -0.39 is 5.97 Å². The molecule has 0 spiro atoms. The summed E-state index contributed by atoms with van der Waals surface area (Å²) in [4.78, 5) is 10.9. The number of rotatable bonds is 4. The predicted octanol–water partition coefficient (Wildman–Crippen LogP) is 2.99. The molecule has 0 aliphatic carbocycles. The van der Waals surface area contributed by atoms with Crippen LogP contribution in [0.4, 0.5) is 0 Å². The maximum atomic E-state index is 10.9. The first-order chi connectivity index (χ1) is 7.43. The van der Waals surface area contributed by atoms with Gasteiger partial charge in [0.1, 0.15) is 11.3 Å². The molecule has 1 aromatic carbocycles. The molecule has 0 saturated heterocycles. The van der Waals surface area contributed by atoms with Crippen LogP contribution >= 0.6 is 0 Å². The lowest BCUT2D eigenvalue weighted by atomic mass is 9.96. The molecule has 2 N–H and O–H groups in total. The summed E-state index contributed by atoms with van der Waals surface area (Å²) in [6, 6.07) is 3.20. The van der Waals surface area contributed by atoms with Gasteiger partial charge in [0, 0.05) is 0 Å². The average Bonchev–Trinajstić information content (AvgIpc) is 2.16. The summed E-state index contributed by atoms with van der Waals surface area (Å²) in [5.74, 6) is -0.622. The maximum Gasteiger partial charge on any atom is 0.339 e. The van der Waals surface area contributed by atoms with Crippen LogP contribution in [0.25, 0.3) is 0 Å². The number of carboxylic acid groups (broad SMARTS) is 1. The lowest BCUT2D eigenvalue weighted by molar-refractivity contribution is 0.0693. The van der Waals surface area contributed by atoms with Gasteiger partial charge in [-0.15, -0.1) is 0 Å². The highest BCUT2D eigenvalue weighted by Crippen LogP contribution is 2.27. The molecule has 0 fully saturated rings. The summed E-state index contributed by atoms with van der Waals surface area (Å²) in [6.45, 7) is 6.10. The topological polar surface area (TPSA) is 57.5 Å². The second-order valence-electron chi connectivity index (χ2n) is 4.49. The first kappa shape index (κ1) is 12.6. The van der Waals surface area contributed by atoms with Crippen LogP contribution in [-0.2, 0) is 6.42 Å². The van der Waals surface area contributed by atoms with Gasteiger partial charge in [0.05, 0.1) is 0 Å². The van der Waals surface area contributed by atoms with Crippen molar-refractivity contribution >= 4 is 5.97 Å². The minimum absolute atomic E-state index is 0.00986. The van der Waals surface area contributed by atoms with E-state index in [-0.39, 0.29) is 11.3 Å². The number of carboxylic acids is 1. The summed E-state index contributed by atoms with van der Waals surface area (Å²) >= 11 is 0. The van der Waals surface area contributed by atoms with E-state index in [2.05, 4.69) is 13.8 Å². The largest absolute Gasteiger partial charge is 0.507 e. The Kier molecular flexibility index (Phi) is 3.93. The van der Waals surface area contributed by atoms with Crippen molar-refractivity contribution in [3.63, 3.8) is 0 Å². The third kappa shape index (κ3) is 2.75. The Morgan fingerprint density at radius 2 is 2.00 bits per heavy atom. The Balaban J connectivity index is 3.06. The Bertz CT molecular complexity index is 394. The third-order valence-electron chi connectivity index (χ3n) is 2.72. The molecule has 0 amide bonds. The van der Waals surface area contributed by atoms with Gasteiger partial charge < -0.3 is 10.2 Å². The number of benzene rings is 1. The van der Waals surface area contributed by atoms with Crippen molar-refractivity contribution in [2.24, 2.45) is 5.92 Å². The standard InChI is InChI=1S/C13H18O3/c1-8(2)4-6-10-9(3)5-7-11(12(10)14)13(15)16/h5,7-8,14H,4,6H2,1-3H3,(H,15,16). The van der Waals surface area contributed by atoms with Crippen molar-refractivity contribution in [2.75, 3.05) is 0 Å². The average molecular weight is 222 g/mol. The van der Waals surface area contributed by atoms with E-state index in [9.17, 15) is 9.90 Å². The van der Waals surface area contributed by atoms with E-state index >= 15 is 0 Å². The molecular formula is C13H18O3. The smallest absolute Gasteiger partial charge is 0.339 e. The number of phenols is 1. The van der Waals surface area contributed by atoms with Gasteiger partial charge >= 0.3 is 5.97 Å². The molecule has 0 heterocycles. The van der Waals surface area contributed by atoms with E-state index in [0.717, 1.165) is 24.0 Å². The number of carbonyl (C=O) groups is 1. The summed E-state index contributed by atoms with van der Waals surface area (Å²) in [5.41, 5.74) is 1.70. The van der Waals surface area contributed by atoms with Crippen molar-refractivity contribution in [1.29, 1.82) is 0 Å². The third-order valence-corrected chi connectivity index (χ3v) is 2.72. The minimum Gasteiger partial charge on any atom is -0.507 e. The van der Waals surface area contributed by atoms with Crippen LogP contribution in [0, 0.1) is 12.8 Å². The van der Waals surface area contributed by atoms with E-state index in [4.69, 9.17) is 5.11 Å². The number of aromatic carboxylic acids is 1. The molecule has 0 aliphatic heterocycles. The zero-order valence-electron chi connectivity index (χ0n) is 9.95. The van der Waals surface area contributed by atoms with Crippen molar-refractivity contribution in [3.8, 4) is 5.75 Å². The van der Waals surface area contributed by atoms with Gasteiger partial charge in [-0.1, -0.05) is 19.9 Å². The first-order valence-corrected chi connectivity index (χ1v) is 5.48. The Morgan fingerprint density at radius 3 is 2.50 bits per heavy atom. The molecule has 0 saturated carbocycles. The highest BCUT2D eigenvalue weighted by molar-refractivity contribution is 5.91. The van der Waals surface area contributed by atoms with Crippen molar-refractivity contribution in [2.45, 2.75) is 33.6 Å². The maximum absolute atomic E-state index is 10.9. The molecule has 88 valence electrons. The molecule has 0 atom stereocenters. The molecule has 0 aliphatic rings. The van der Waals surface area contributed by atoms with Gasteiger partial charge in [-0.25, -0.2) is 4.79 Å². The van der Waals surface area contributed by atoms with Crippen molar-refractivity contribution in [3.05, 3.63) is 28.8 Å². The first-order valence-electron chi connectivity index (χ1n) is 5.48. The van der Waals surface area contributed by atoms with Gasteiger partial charge in [0.15, 0.2) is 0 Å². The summed E-state index contributed by atoms with van der Waals surface area (Å²) in [5, 5.41) is 18.8. The normalized spacial score (nSPS) is 10.8. The molecule has 0 bridgehead atoms. The Hall–Kier alpha value is -1.51. The summed E-state index contributed by atoms with van der Waals surface area (Å²) in [6.07, 6.45) is 1.66. The fourth-order valence-electron chi connectivity index (χ4n) is 1.66. The fraction of sp³-hybridized carbons (Fsp3) is 0.462. The second-order valence-corrected chi connectivity index (χ2v) is 4.49. The second kappa shape index (κ2) is 5.01. The van der Waals surface area contributed by atoms with Crippen LogP contribution in [0.2, 0.25) is 0 Å². The number of hydrogen-bond acceptors (Lipinski definition) is 2. The van der Waals surface area contributed by atoms with Crippen molar-refractivity contribution < 1.29 is 15.0 Å². The van der Waals surface area contributed by atoms with Gasteiger partial charge in [0.2, 0.25) is 0 Å². The highest BCUT2D eigenvalue weighted by Gasteiger charge is 2.15. The van der Waals surface area contributed by atoms with Crippen LogP contribution in [0.1, 0.15) is 41.8 Å². The predicted molar refractivity (Wildman–Crippen MR) is 63.0 cm³/mol. The van der Waals surface area contributed by atoms with Crippen LogP contribution in [0.15, 0.2) is 12.1 Å². The number of aromatic hydroxyl groups is 1. The minimum atomic E-state index is -1.08. The molecule has 0 radical (unpaired) electrons. The molecule has 3 nitrogen and oxygen atoms in total. The Labute approximate surface area is 95.7 Å². The monoisotopic (exact) mass is 222 g/mol. The molecule has 1 rings (SSSR count). The zero-order valence-corrected chi connectivity index (χ0v) is 9.95. The van der Waals surface area contributed by atoms with Crippen LogP contribution in [-0.4, -0.2) is 16.2 Å². The fourth-order valence-corrected chi connectivity index (χ4v) is 1.66. The van der Waals surface area contributed by atoms with Gasteiger partial charge in [-0.3, -0.25) is 0 Å². The SMILES string of the molecule is Cc1ccc(C(=O)O)c(O)c1CCC(C)C. The van der Waals surface area contributed by atoms with E-state index in [0.29, 0.717) is 5.92 Å². The number of aryl methyl sites for hydroxylation is 1. The molecule has 0 unspecified atom stereocenters. The number of hydrogen-bond donors (Lipinski definition) is 2. The lowest BCUT2D eigenvalue weighted by Gasteiger charge is -2.11. The Morgan fingerprint density at radius 1 is 1.38 bits per heavy atom. The van der Waals surface area contributed by atoms with Crippen molar-refractivity contribution in [1.82, 2.24) is 0 Å². The van der Waals surface area contributed by atoms with E-state index in [1.54, 1.807) is 6.07 Å². The zero-order chi connectivity index (χ0) is 12.3. The molecule has 1 aromatic rings. The lowest BCUT2D eigenvalue weighted by Crippen LogP contribution is -2.02. The molecule has 0 aromatic heterocycles. The van der Waals surface area contributed by atoms with E-state index in [1.807, 2.05) is 6.92 Å². The summed E-state index contributed by atoms with van der Waals surface area (Å²) in [7, 11) is 0. The van der Waals surface area contributed by atoms with Gasteiger partial charge in [-0.2, -0.15) is 0 Å². The quantitative estimate of drug-likeness (QED) is 0.823. The highest BCUT2D eigenvalue weighted by atomic mass is 16.4. The van der Waals surface area contributed by atoms with Crippen LogP contribution in [0.5, 0.6) is 5.75 Å². The summed E-state index contributed by atoms with van der Waals surface area (Å²) < 4.78 is 0. The van der Waals surface area contributed by atoms with Gasteiger partial charge in [0.25, 0.3) is 0 Å². The van der Waals surface area contributed by atoms with Crippen LogP contribution < -0.4 is 0 Å². The van der Waals surface area contributed by atoms with Gasteiger partial charge in [-0.05, 0) is 42.9 Å². The molecule has 16 heavy (non-hydrogen) atoms.